The molecule has 16 heavy (non-hydrogen) atoms. The molecule has 0 radical (unpaired) electrons. The van der Waals surface area contributed by atoms with Crippen LogP contribution in [0.4, 0.5) is 0 Å². The third-order valence-electron chi connectivity index (χ3n) is 3.37. The van der Waals surface area contributed by atoms with Crippen molar-refractivity contribution < 1.29 is 9.90 Å². The van der Waals surface area contributed by atoms with Gasteiger partial charge in [-0.3, -0.25) is 9.78 Å². The van der Waals surface area contributed by atoms with E-state index in [1.807, 2.05) is 6.07 Å². The maximum atomic E-state index is 11.5. The molecule has 1 heterocycles. The predicted molar refractivity (Wildman–Crippen MR) is 64.3 cm³/mol. The van der Waals surface area contributed by atoms with Gasteiger partial charge in [-0.2, -0.15) is 0 Å². The van der Waals surface area contributed by atoms with Gasteiger partial charge in [0.25, 0.3) is 0 Å². The maximum absolute atomic E-state index is 11.5. The van der Waals surface area contributed by atoms with Gasteiger partial charge in [0.2, 0.25) is 0 Å². The lowest BCUT2D eigenvalue weighted by molar-refractivity contribution is -0.145. The Hall–Kier alpha value is -0.900. The molecular formula is C12H14BrNO2. The van der Waals surface area contributed by atoms with Crippen LogP contribution in [0, 0.1) is 0 Å². The van der Waals surface area contributed by atoms with Gasteiger partial charge in [0.1, 0.15) is 0 Å². The molecule has 0 amide bonds. The lowest BCUT2D eigenvalue weighted by Crippen LogP contribution is -2.37. The first-order valence-electron chi connectivity index (χ1n) is 5.49. The lowest BCUT2D eigenvalue weighted by Gasteiger charge is -2.33. The number of carboxylic acid groups (broad SMARTS) is 1. The van der Waals surface area contributed by atoms with Crippen molar-refractivity contribution in [2.45, 2.75) is 37.5 Å². The van der Waals surface area contributed by atoms with Crippen molar-refractivity contribution in [3.8, 4) is 0 Å². The Labute approximate surface area is 103 Å². The number of hydrogen-bond acceptors (Lipinski definition) is 2. The molecule has 4 heteroatoms. The van der Waals surface area contributed by atoms with Crippen molar-refractivity contribution in [2.75, 3.05) is 0 Å². The Bertz CT molecular complexity index is 400. The molecule has 1 aromatic rings. The molecule has 0 aromatic carbocycles. The van der Waals surface area contributed by atoms with Gasteiger partial charge < -0.3 is 5.11 Å². The molecule has 1 aromatic heterocycles. The van der Waals surface area contributed by atoms with E-state index in [4.69, 9.17) is 0 Å². The van der Waals surface area contributed by atoms with Crippen LogP contribution in [0.5, 0.6) is 0 Å². The number of hydrogen-bond donors (Lipinski definition) is 1. The largest absolute Gasteiger partial charge is 0.481 e. The van der Waals surface area contributed by atoms with E-state index in [-0.39, 0.29) is 0 Å². The Kier molecular flexibility index (Phi) is 3.28. The van der Waals surface area contributed by atoms with E-state index < -0.39 is 11.4 Å². The average Bonchev–Trinajstić information content (AvgIpc) is 2.30. The Morgan fingerprint density at radius 2 is 2.00 bits per heavy atom. The fourth-order valence-electron chi connectivity index (χ4n) is 2.45. The van der Waals surface area contributed by atoms with Crippen molar-refractivity contribution in [2.24, 2.45) is 0 Å². The highest BCUT2D eigenvalue weighted by molar-refractivity contribution is 9.10. The van der Waals surface area contributed by atoms with Crippen molar-refractivity contribution in [3.05, 3.63) is 28.5 Å². The van der Waals surface area contributed by atoms with E-state index in [9.17, 15) is 9.90 Å². The third kappa shape index (κ3) is 1.98. The van der Waals surface area contributed by atoms with Crippen molar-refractivity contribution >= 4 is 21.9 Å². The molecule has 0 atom stereocenters. The summed E-state index contributed by atoms with van der Waals surface area (Å²) in [7, 11) is 0. The second-order valence-corrected chi connectivity index (χ2v) is 5.26. The molecular weight excluding hydrogens is 270 g/mol. The summed E-state index contributed by atoms with van der Waals surface area (Å²) in [4.78, 5) is 15.6. The molecule has 0 aliphatic heterocycles. The van der Waals surface area contributed by atoms with Crippen molar-refractivity contribution in [1.29, 1.82) is 0 Å². The minimum atomic E-state index is -0.716. The molecule has 1 saturated carbocycles. The van der Waals surface area contributed by atoms with Gasteiger partial charge in [-0.05, 0) is 40.4 Å². The number of carbonyl (C=O) groups is 1. The highest BCUT2D eigenvalue weighted by atomic mass is 79.9. The van der Waals surface area contributed by atoms with Crippen LogP contribution in [0.25, 0.3) is 0 Å². The van der Waals surface area contributed by atoms with Crippen molar-refractivity contribution in [3.63, 3.8) is 0 Å². The highest BCUT2D eigenvalue weighted by Crippen LogP contribution is 2.40. The average molecular weight is 284 g/mol. The van der Waals surface area contributed by atoms with E-state index in [2.05, 4.69) is 20.9 Å². The second-order valence-electron chi connectivity index (χ2n) is 4.34. The van der Waals surface area contributed by atoms with Crippen LogP contribution in [0.15, 0.2) is 22.9 Å². The van der Waals surface area contributed by atoms with E-state index in [0.717, 1.165) is 42.1 Å². The number of pyridine rings is 1. The fraction of sp³-hybridized carbons (Fsp3) is 0.500. The molecule has 86 valence electrons. The summed E-state index contributed by atoms with van der Waals surface area (Å²) >= 11 is 3.35. The zero-order chi connectivity index (χ0) is 11.6. The first kappa shape index (κ1) is 11.6. The number of halogens is 1. The van der Waals surface area contributed by atoms with Crippen LogP contribution in [0.3, 0.4) is 0 Å². The zero-order valence-corrected chi connectivity index (χ0v) is 10.5. The predicted octanol–water partition coefficient (Wildman–Crippen LogP) is 3.13. The SMILES string of the molecule is O=C(O)C1(c2cncc(Br)c2)CCCCC1. The summed E-state index contributed by atoms with van der Waals surface area (Å²) in [6.45, 7) is 0. The van der Waals surface area contributed by atoms with Gasteiger partial charge in [-0.25, -0.2) is 0 Å². The summed E-state index contributed by atoms with van der Waals surface area (Å²) in [5.41, 5.74) is 0.115. The summed E-state index contributed by atoms with van der Waals surface area (Å²) in [6.07, 6.45) is 7.92. The topological polar surface area (TPSA) is 50.2 Å². The molecule has 1 aliphatic rings. The van der Waals surface area contributed by atoms with Crippen LogP contribution >= 0.6 is 15.9 Å². The summed E-state index contributed by atoms with van der Waals surface area (Å²) in [5, 5.41) is 9.49. The molecule has 1 aliphatic carbocycles. The molecule has 0 unspecified atom stereocenters. The van der Waals surface area contributed by atoms with Gasteiger partial charge >= 0.3 is 5.97 Å². The zero-order valence-electron chi connectivity index (χ0n) is 8.95. The number of aromatic nitrogens is 1. The summed E-state index contributed by atoms with van der Waals surface area (Å²) in [6, 6.07) is 1.88. The normalized spacial score (nSPS) is 19.3. The third-order valence-corrected chi connectivity index (χ3v) is 3.81. The van der Waals surface area contributed by atoms with E-state index in [1.54, 1.807) is 12.4 Å². The number of nitrogens with zero attached hydrogens (tertiary/aromatic N) is 1. The van der Waals surface area contributed by atoms with Gasteiger partial charge in [0.15, 0.2) is 0 Å². The minimum absolute atomic E-state index is 0.713. The Balaban J connectivity index is 2.42. The van der Waals surface area contributed by atoms with E-state index in [0.29, 0.717) is 0 Å². The second kappa shape index (κ2) is 4.53. The molecule has 0 saturated heterocycles. The number of aliphatic carboxylic acids is 1. The molecule has 3 nitrogen and oxygen atoms in total. The first-order valence-corrected chi connectivity index (χ1v) is 6.29. The number of carboxylic acids is 1. The first-order chi connectivity index (χ1) is 7.65. The highest BCUT2D eigenvalue weighted by Gasteiger charge is 2.41. The summed E-state index contributed by atoms with van der Waals surface area (Å²) in [5.74, 6) is -0.716. The quantitative estimate of drug-likeness (QED) is 0.907. The van der Waals surface area contributed by atoms with Gasteiger partial charge in [0, 0.05) is 16.9 Å². The van der Waals surface area contributed by atoms with Crippen LogP contribution in [-0.4, -0.2) is 16.1 Å². The molecule has 0 bridgehead atoms. The molecule has 0 spiro atoms. The van der Waals surface area contributed by atoms with Crippen LogP contribution in [0.1, 0.15) is 37.7 Å². The minimum Gasteiger partial charge on any atom is -0.481 e. The van der Waals surface area contributed by atoms with Crippen LogP contribution < -0.4 is 0 Å². The molecule has 1 fully saturated rings. The van der Waals surface area contributed by atoms with Gasteiger partial charge in [-0.15, -0.1) is 0 Å². The van der Waals surface area contributed by atoms with Crippen LogP contribution in [-0.2, 0) is 10.2 Å². The van der Waals surface area contributed by atoms with Crippen LogP contribution in [0.2, 0.25) is 0 Å². The Morgan fingerprint density at radius 1 is 1.31 bits per heavy atom. The molecule has 1 N–H and O–H groups in total. The monoisotopic (exact) mass is 283 g/mol. The Morgan fingerprint density at radius 3 is 2.56 bits per heavy atom. The van der Waals surface area contributed by atoms with Crippen molar-refractivity contribution in [1.82, 2.24) is 4.98 Å². The lowest BCUT2D eigenvalue weighted by atomic mass is 9.70. The smallest absolute Gasteiger partial charge is 0.314 e. The van der Waals surface area contributed by atoms with E-state index in [1.165, 1.54) is 0 Å². The maximum Gasteiger partial charge on any atom is 0.314 e. The van der Waals surface area contributed by atoms with Gasteiger partial charge in [0.05, 0.1) is 5.41 Å². The van der Waals surface area contributed by atoms with Gasteiger partial charge in [-0.1, -0.05) is 19.3 Å². The fourth-order valence-corrected chi connectivity index (χ4v) is 2.82. The standard InChI is InChI=1S/C12H14BrNO2/c13-10-6-9(7-14-8-10)12(11(15)16)4-2-1-3-5-12/h6-8H,1-5H2,(H,15,16). The number of rotatable bonds is 2. The van der Waals surface area contributed by atoms with E-state index >= 15 is 0 Å². The molecule has 2 rings (SSSR count). The summed E-state index contributed by atoms with van der Waals surface area (Å²) < 4.78 is 0.844.